The van der Waals surface area contributed by atoms with Gasteiger partial charge in [0.1, 0.15) is 11.5 Å². The lowest BCUT2D eigenvalue weighted by atomic mass is 9.87. The van der Waals surface area contributed by atoms with E-state index in [4.69, 9.17) is 4.74 Å². The number of carboxylic acid groups (broad SMARTS) is 2. The summed E-state index contributed by atoms with van der Waals surface area (Å²) in [6.07, 6.45) is 1.52. The fourth-order valence-corrected chi connectivity index (χ4v) is 5.22. The summed E-state index contributed by atoms with van der Waals surface area (Å²) in [5, 5.41) is 25.2. The van der Waals surface area contributed by atoms with Gasteiger partial charge in [0.25, 0.3) is 11.8 Å². The SMILES string of the molecule is CCCC(C)(C)NC(=O)c1cc(-c2ccc(C(=O)O)c(C(=O)Nc3ccc(Oc4ccc(C(C)(C)C)cc4)cc3)c2)ccc1C(=O)O. The molecule has 0 aliphatic rings. The number of benzene rings is 4. The van der Waals surface area contributed by atoms with Crippen molar-refractivity contribution in [2.45, 2.75) is 65.3 Å². The number of carboxylic acids is 2. The van der Waals surface area contributed by atoms with E-state index in [9.17, 15) is 29.4 Å². The number of amides is 2. The Labute approximate surface area is 274 Å². The Morgan fingerprint density at radius 3 is 1.55 bits per heavy atom. The molecule has 4 N–H and O–H groups in total. The molecule has 0 unspecified atom stereocenters. The van der Waals surface area contributed by atoms with Crippen molar-refractivity contribution in [1.29, 1.82) is 0 Å². The number of rotatable bonds is 11. The van der Waals surface area contributed by atoms with E-state index in [0.29, 0.717) is 34.7 Å². The van der Waals surface area contributed by atoms with Gasteiger partial charge in [-0.15, -0.1) is 0 Å². The summed E-state index contributed by atoms with van der Waals surface area (Å²) in [5.74, 6) is -2.52. The van der Waals surface area contributed by atoms with Crippen molar-refractivity contribution in [3.05, 3.63) is 113 Å². The Hall–Kier alpha value is -5.44. The van der Waals surface area contributed by atoms with Gasteiger partial charge in [-0.2, -0.15) is 0 Å². The number of hydrogen-bond donors (Lipinski definition) is 4. The van der Waals surface area contributed by atoms with Gasteiger partial charge < -0.3 is 25.6 Å². The first-order valence-corrected chi connectivity index (χ1v) is 15.4. The molecule has 9 heteroatoms. The molecule has 0 saturated heterocycles. The third-order valence-corrected chi connectivity index (χ3v) is 7.72. The average Bonchev–Trinajstić information content (AvgIpc) is 3.00. The van der Waals surface area contributed by atoms with E-state index in [1.54, 1.807) is 24.3 Å². The van der Waals surface area contributed by atoms with Gasteiger partial charge in [0.15, 0.2) is 0 Å². The van der Waals surface area contributed by atoms with Gasteiger partial charge in [0.05, 0.1) is 22.3 Å². The van der Waals surface area contributed by atoms with Crippen molar-refractivity contribution in [2.75, 3.05) is 5.32 Å². The molecule has 0 radical (unpaired) electrons. The molecule has 9 nitrogen and oxygen atoms in total. The summed E-state index contributed by atoms with van der Waals surface area (Å²) in [7, 11) is 0. The van der Waals surface area contributed by atoms with Crippen LogP contribution in [0.5, 0.6) is 11.5 Å². The Morgan fingerprint density at radius 1 is 0.638 bits per heavy atom. The number of nitrogens with one attached hydrogen (secondary N) is 2. The third-order valence-electron chi connectivity index (χ3n) is 7.72. The van der Waals surface area contributed by atoms with Gasteiger partial charge in [-0.25, -0.2) is 9.59 Å². The maximum Gasteiger partial charge on any atom is 0.336 e. The fourth-order valence-electron chi connectivity index (χ4n) is 5.22. The van der Waals surface area contributed by atoms with Gasteiger partial charge in [-0.3, -0.25) is 9.59 Å². The molecule has 0 atom stereocenters. The minimum atomic E-state index is -1.29. The summed E-state index contributed by atoms with van der Waals surface area (Å²) in [6.45, 7) is 12.1. The van der Waals surface area contributed by atoms with Crippen LogP contribution in [-0.2, 0) is 5.41 Å². The summed E-state index contributed by atoms with van der Waals surface area (Å²) in [6, 6.07) is 23.0. The highest BCUT2D eigenvalue weighted by atomic mass is 16.5. The van der Waals surface area contributed by atoms with Gasteiger partial charge in [-0.05, 0) is 103 Å². The molecule has 4 rings (SSSR count). The lowest BCUT2D eigenvalue weighted by molar-refractivity contribution is 0.0682. The lowest BCUT2D eigenvalue weighted by Gasteiger charge is -2.26. The summed E-state index contributed by atoms with van der Waals surface area (Å²) < 4.78 is 5.94. The van der Waals surface area contributed by atoms with Crippen LogP contribution >= 0.6 is 0 Å². The van der Waals surface area contributed by atoms with E-state index in [1.807, 2.05) is 45.0 Å². The van der Waals surface area contributed by atoms with Crippen molar-refractivity contribution in [1.82, 2.24) is 5.32 Å². The molecular formula is C38H40N2O7. The zero-order chi connectivity index (χ0) is 34.5. The summed E-state index contributed by atoms with van der Waals surface area (Å²) >= 11 is 0. The number of aromatic carboxylic acids is 2. The lowest BCUT2D eigenvalue weighted by Crippen LogP contribution is -2.43. The maximum absolute atomic E-state index is 13.4. The molecule has 244 valence electrons. The van der Waals surface area contributed by atoms with Crippen molar-refractivity contribution in [3.63, 3.8) is 0 Å². The van der Waals surface area contributed by atoms with Crippen molar-refractivity contribution in [3.8, 4) is 22.6 Å². The number of carbonyl (C=O) groups excluding carboxylic acids is 2. The van der Waals surface area contributed by atoms with Crippen LogP contribution in [0.1, 0.15) is 101 Å². The first-order valence-electron chi connectivity index (χ1n) is 15.4. The second-order valence-electron chi connectivity index (χ2n) is 13.1. The van der Waals surface area contributed by atoms with Crippen LogP contribution in [0.3, 0.4) is 0 Å². The molecule has 0 aromatic heterocycles. The van der Waals surface area contributed by atoms with Gasteiger partial charge in [0.2, 0.25) is 0 Å². The van der Waals surface area contributed by atoms with Crippen molar-refractivity contribution in [2.24, 2.45) is 0 Å². The Balaban J connectivity index is 1.58. The number of hydrogen-bond acceptors (Lipinski definition) is 5. The molecule has 0 aliphatic carbocycles. The molecule has 4 aromatic rings. The van der Waals surface area contributed by atoms with E-state index < -0.39 is 29.3 Å². The largest absolute Gasteiger partial charge is 0.478 e. The Bertz CT molecular complexity index is 1800. The first kappa shape index (κ1) is 34.4. The highest BCUT2D eigenvalue weighted by Crippen LogP contribution is 2.29. The zero-order valence-corrected chi connectivity index (χ0v) is 27.4. The van der Waals surface area contributed by atoms with Gasteiger partial charge >= 0.3 is 11.9 Å². The predicted molar refractivity (Wildman–Crippen MR) is 182 cm³/mol. The summed E-state index contributed by atoms with van der Waals surface area (Å²) in [5.41, 5.74) is 1.40. The molecule has 2 amide bonds. The third kappa shape index (κ3) is 8.64. The van der Waals surface area contributed by atoms with Crippen LogP contribution < -0.4 is 15.4 Å². The quantitative estimate of drug-likeness (QED) is 0.129. The van der Waals surface area contributed by atoms with Crippen LogP contribution in [0, 0.1) is 0 Å². The normalized spacial score (nSPS) is 11.4. The molecule has 47 heavy (non-hydrogen) atoms. The molecule has 0 fully saturated rings. The van der Waals surface area contributed by atoms with Crippen LogP contribution in [0.2, 0.25) is 0 Å². The molecular weight excluding hydrogens is 596 g/mol. The minimum Gasteiger partial charge on any atom is -0.478 e. The van der Waals surface area contributed by atoms with Crippen LogP contribution in [-0.4, -0.2) is 39.5 Å². The number of anilines is 1. The van der Waals surface area contributed by atoms with Crippen molar-refractivity contribution >= 4 is 29.4 Å². The maximum atomic E-state index is 13.4. The van der Waals surface area contributed by atoms with Gasteiger partial charge in [-0.1, -0.05) is 58.4 Å². The zero-order valence-electron chi connectivity index (χ0n) is 27.4. The molecule has 4 aromatic carbocycles. The molecule has 0 aliphatic heterocycles. The Kier molecular flexibility index (Phi) is 10.2. The average molecular weight is 637 g/mol. The molecule has 0 spiro atoms. The predicted octanol–water partition coefficient (Wildman–Crippen LogP) is 8.40. The second kappa shape index (κ2) is 13.9. The minimum absolute atomic E-state index is 0.0220. The topological polar surface area (TPSA) is 142 Å². The smallest absolute Gasteiger partial charge is 0.336 e. The van der Waals surface area contributed by atoms with Crippen LogP contribution in [0.4, 0.5) is 5.69 Å². The van der Waals surface area contributed by atoms with Crippen molar-refractivity contribution < 1.29 is 34.1 Å². The molecule has 0 heterocycles. The highest BCUT2D eigenvalue weighted by Gasteiger charge is 2.25. The van der Waals surface area contributed by atoms with E-state index in [2.05, 4.69) is 31.4 Å². The fraction of sp³-hybridized carbons (Fsp3) is 0.263. The van der Waals surface area contributed by atoms with Gasteiger partial charge in [0, 0.05) is 11.2 Å². The van der Waals surface area contributed by atoms with E-state index in [1.165, 1.54) is 42.0 Å². The van der Waals surface area contributed by atoms with E-state index in [0.717, 1.165) is 6.42 Å². The summed E-state index contributed by atoms with van der Waals surface area (Å²) in [4.78, 5) is 50.6. The second-order valence-corrected chi connectivity index (χ2v) is 13.1. The van der Waals surface area contributed by atoms with Crippen LogP contribution in [0.15, 0.2) is 84.9 Å². The van der Waals surface area contributed by atoms with Crippen LogP contribution in [0.25, 0.3) is 11.1 Å². The van der Waals surface area contributed by atoms with E-state index >= 15 is 0 Å². The number of carbonyl (C=O) groups is 4. The molecule has 0 bridgehead atoms. The standard InChI is InChI=1S/C38H40N2O7/c1-7-20-38(5,6)40-34(42)32-22-24(9-19-30(32)36(45)46)23-8-18-29(35(43)44)31(21-23)33(41)39-26-12-16-28(17-13-26)47-27-14-10-25(11-15-27)37(2,3)4/h8-19,21-22H,7,20H2,1-6H3,(H,39,41)(H,40,42)(H,43,44)(H,45,46). The monoisotopic (exact) mass is 636 g/mol. The molecule has 0 saturated carbocycles. The van der Waals surface area contributed by atoms with E-state index in [-0.39, 0.29) is 27.7 Å². The Morgan fingerprint density at radius 2 is 1.11 bits per heavy atom. The highest BCUT2D eigenvalue weighted by molar-refractivity contribution is 6.11. The number of ether oxygens (including phenoxy) is 1. The first-order chi connectivity index (χ1) is 22.1.